The predicted molar refractivity (Wildman–Crippen MR) is 131 cm³/mol. The summed E-state index contributed by atoms with van der Waals surface area (Å²) in [5.74, 6) is 0.0515. The van der Waals surface area contributed by atoms with Crippen LogP contribution in [0.5, 0.6) is 0 Å². The lowest BCUT2D eigenvalue weighted by molar-refractivity contribution is 0.0935. The first-order valence-electron chi connectivity index (χ1n) is 11.9. The molecule has 1 N–H and O–H groups in total. The van der Waals surface area contributed by atoms with Crippen molar-refractivity contribution in [2.24, 2.45) is 0 Å². The number of carbonyl (C=O) groups is 1. The monoisotopic (exact) mass is 481 g/mol. The number of hydrogen-bond donors (Lipinski definition) is 1. The first-order chi connectivity index (χ1) is 16.6. The second-order valence-corrected chi connectivity index (χ2v) is 9.99. The first-order valence-corrected chi connectivity index (χ1v) is 12.9. The van der Waals surface area contributed by atoms with Crippen LogP contribution in [0.25, 0.3) is 10.9 Å². The van der Waals surface area contributed by atoms with Crippen LogP contribution in [0.1, 0.15) is 54.4 Å². The topological polar surface area (TPSA) is 73.2 Å². The number of nitrogens with one attached hydrogen (secondary N) is 1. The van der Waals surface area contributed by atoms with Crippen LogP contribution in [-0.4, -0.2) is 34.2 Å². The normalized spacial score (nSPS) is 18.6. The van der Waals surface area contributed by atoms with Crippen LogP contribution >= 0.6 is 11.8 Å². The Morgan fingerprint density at radius 3 is 2.76 bits per heavy atom. The van der Waals surface area contributed by atoms with Crippen molar-refractivity contribution >= 4 is 28.6 Å². The van der Waals surface area contributed by atoms with Gasteiger partial charge in [0.05, 0.1) is 23.6 Å². The fraction of sp³-hybridized carbons (Fsp3) is 0.423. The van der Waals surface area contributed by atoms with E-state index < -0.39 is 0 Å². The molecule has 2 fully saturated rings. The Labute approximate surface area is 201 Å². The van der Waals surface area contributed by atoms with Crippen molar-refractivity contribution < 1.29 is 13.9 Å². The second-order valence-electron chi connectivity index (χ2n) is 9.05. The van der Waals surface area contributed by atoms with Crippen LogP contribution < -0.4 is 10.9 Å². The summed E-state index contributed by atoms with van der Waals surface area (Å²) in [6.07, 6.45) is 6.14. The summed E-state index contributed by atoms with van der Waals surface area (Å²) in [5, 5.41) is 4.12. The van der Waals surface area contributed by atoms with E-state index in [0.717, 1.165) is 44.1 Å². The minimum atomic E-state index is -0.292. The Balaban J connectivity index is 1.47. The lowest BCUT2D eigenvalue weighted by Gasteiger charge is -2.17. The van der Waals surface area contributed by atoms with Crippen LogP contribution in [0.4, 0.5) is 4.39 Å². The molecule has 1 aliphatic carbocycles. The van der Waals surface area contributed by atoms with E-state index >= 15 is 0 Å². The van der Waals surface area contributed by atoms with Crippen LogP contribution in [0.15, 0.2) is 52.4 Å². The standard InChI is InChI=1S/C26H28FN3O3S/c27-19-6-3-5-17(13-19)16-34-26-29-23-14-18(24(31)28-20-7-1-2-8-20)10-11-22(23)25(32)30(26)15-21-9-4-12-33-21/h3,5-6,10-11,13-14,20-21H,1-2,4,7-9,12,15-16H2,(H,28,31). The molecule has 5 rings (SSSR count). The third kappa shape index (κ3) is 5.18. The van der Waals surface area contributed by atoms with Crippen molar-refractivity contribution in [1.82, 2.24) is 14.9 Å². The van der Waals surface area contributed by atoms with Crippen molar-refractivity contribution in [1.29, 1.82) is 0 Å². The zero-order valence-electron chi connectivity index (χ0n) is 19.0. The second kappa shape index (κ2) is 10.3. The molecule has 178 valence electrons. The summed E-state index contributed by atoms with van der Waals surface area (Å²) in [4.78, 5) is 31.0. The summed E-state index contributed by atoms with van der Waals surface area (Å²) in [6.45, 7) is 1.13. The third-order valence-corrected chi connectivity index (χ3v) is 7.59. The van der Waals surface area contributed by atoms with E-state index in [9.17, 15) is 14.0 Å². The minimum absolute atomic E-state index is 0.0260. The zero-order chi connectivity index (χ0) is 23.5. The number of aromatic nitrogens is 2. The van der Waals surface area contributed by atoms with Crippen molar-refractivity contribution in [3.05, 3.63) is 69.8 Å². The molecule has 1 atom stereocenters. The van der Waals surface area contributed by atoms with Crippen molar-refractivity contribution in [3.63, 3.8) is 0 Å². The predicted octanol–water partition coefficient (Wildman–Crippen LogP) is 4.68. The highest BCUT2D eigenvalue weighted by atomic mass is 32.2. The Morgan fingerprint density at radius 2 is 2.00 bits per heavy atom. The molecule has 1 aliphatic heterocycles. The molecule has 1 aromatic heterocycles. The fourth-order valence-electron chi connectivity index (χ4n) is 4.72. The Morgan fingerprint density at radius 1 is 1.15 bits per heavy atom. The summed E-state index contributed by atoms with van der Waals surface area (Å²) < 4.78 is 21.1. The SMILES string of the molecule is O=C(NC1CCCC1)c1ccc2c(=O)n(CC3CCCO3)c(SCc3cccc(F)c3)nc2c1. The molecule has 1 saturated heterocycles. The number of nitrogens with zero attached hydrogens (tertiary/aromatic N) is 2. The maximum atomic E-state index is 13.6. The van der Waals surface area contributed by atoms with E-state index in [1.165, 1.54) is 23.9 Å². The Hall–Kier alpha value is -2.71. The zero-order valence-corrected chi connectivity index (χ0v) is 19.8. The molecular formula is C26H28FN3O3S. The van der Waals surface area contributed by atoms with Gasteiger partial charge >= 0.3 is 0 Å². The average molecular weight is 482 g/mol. The van der Waals surface area contributed by atoms with Crippen LogP contribution in [-0.2, 0) is 17.0 Å². The molecule has 1 saturated carbocycles. The molecule has 1 amide bonds. The van der Waals surface area contributed by atoms with Gasteiger partial charge in [-0.25, -0.2) is 9.37 Å². The van der Waals surface area contributed by atoms with E-state index in [1.807, 2.05) is 6.07 Å². The summed E-state index contributed by atoms with van der Waals surface area (Å²) in [7, 11) is 0. The van der Waals surface area contributed by atoms with E-state index in [2.05, 4.69) is 5.32 Å². The Bertz CT molecular complexity index is 1250. The molecule has 34 heavy (non-hydrogen) atoms. The molecule has 0 spiro atoms. The molecular weight excluding hydrogens is 453 g/mol. The highest BCUT2D eigenvalue weighted by Gasteiger charge is 2.22. The minimum Gasteiger partial charge on any atom is -0.376 e. The number of halogens is 1. The number of benzene rings is 2. The first kappa shape index (κ1) is 23.1. The Kier molecular flexibility index (Phi) is 6.97. The maximum Gasteiger partial charge on any atom is 0.262 e. The number of hydrogen-bond acceptors (Lipinski definition) is 5. The van der Waals surface area contributed by atoms with Gasteiger partial charge in [-0.2, -0.15) is 0 Å². The van der Waals surface area contributed by atoms with Gasteiger partial charge in [-0.1, -0.05) is 36.7 Å². The number of ether oxygens (including phenoxy) is 1. The van der Waals surface area contributed by atoms with Gasteiger partial charge in [-0.05, 0) is 61.6 Å². The number of carbonyl (C=O) groups excluding carboxylic acids is 1. The molecule has 6 nitrogen and oxygen atoms in total. The molecule has 2 aromatic carbocycles. The summed E-state index contributed by atoms with van der Waals surface area (Å²) in [6, 6.07) is 11.7. The van der Waals surface area contributed by atoms with Gasteiger partial charge < -0.3 is 10.1 Å². The van der Waals surface area contributed by atoms with E-state index in [0.29, 0.717) is 40.5 Å². The average Bonchev–Trinajstić information content (AvgIpc) is 3.54. The smallest absolute Gasteiger partial charge is 0.262 e. The molecule has 2 aliphatic rings. The van der Waals surface area contributed by atoms with Gasteiger partial charge in [0.2, 0.25) is 0 Å². The third-order valence-electron chi connectivity index (χ3n) is 6.54. The van der Waals surface area contributed by atoms with E-state index in [4.69, 9.17) is 9.72 Å². The van der Waals surface area contributed by atoms with Gasteiger partial charge in [0.1, 0.15) is 5.82 Å². The van der Waals surface area contributed by atoms with Gasteiger partial charge in [-0.15, -0.1) is 0 Å². The highest BCUT2D eigenvalue weighted by Crippen LogP contribution is 2.25. The summed E-state index contributed by atoms with van der Waals surface area (Å²) >= 11 is 1.39. The number of amides is 1. The van der Waals surface area contributed by atoms with Gasteiger partial charge in [-0.3, -0.25) is 14.2 Å². The van der Waals surface area contributed by atoms with Crippen molar-refractivity contribution in [3.8, 4) is 0 Å². The number of thioether (sulfide) groups is 1. The molecule has 1 unspecified atom stereocenters. The number of rotatable bonds is 7. The molecule has 0 bridgehead atoms. The fourth-order valence-corrected chi connectivity index (χ4v) is 5.67. The molecule has 3 aromatic rings. The van der Waals surface area contributed by atoms with Gasteiger partial charge in [0.15, 0.2) is 5.16 Å². The quantitative estimate of drug-likeness (QED) is 0.392. The van der Waals surface area contributed by atoms with Gasteiger partial charge in [0.25, 0.3) is 11.5 Å². The van der Waals surface area contributed by atoms with Crippen molar-refractivity contribution in [2.45, 2.75) is 68.1 Å². The largest absolute Gasteiger partial charge is 0.376 e. The van der Waals surface area contributed by atoms with Crippen molar-refractivity contribution in [2.75, 3.05) is 6.61 Å². The molecule has 2 heterocycles. The number of fused-ring (bicyclic) bond motifs is 1. The lowest BCUT2D eigenvalue weighted by Crippen LogP contribution is -2.32. The highest BCUT2D eigenvalue weighted by molar-refractivity contribution is 7.98. The van der Waals surface area contributed by atoms with E-state index in [-0.39, 0.29) is 29.4 Å². The van der Waals surface area contributed by atoms with Crippen LogP contribution in [0, 0.1) is 5.82 Å². The van der Waals surface area contributed by atoms with Gasteiger partial charge in [0, 0.05) is 24.0 Å². The van der Waals surface area contributed by atoms with Crippen LogP contribution in [0.2, 0.25) is 0 Å². The lowest BCUT2D eigenvalue weighted by atomic mass is 10.1. The molecule has 8 heteroatoms. The maximum absolute atomic E-state index is 13.6. The molecule has 0 radical (unpaired) electrons. The van der Waals surface area contributed by atoms with Crippen LogP contribution in [0.3, 0.4) is 0 Å². The van der Waals surface area contributed by atoms with E-state index in [1.54, 1.807) is 28.8 Å². The summed E-state index contributed by atoms with van der Waals surface area (Å²) in [5.41, 5.74) is 1.66.